The van der Waals surface area contributed by atoms with Crippen LogP contribution in [0.4, 0.5) is 5.69 Å². The fraction of sp³-hybridized carbons (Fsp3) is 0.333. The van der Waals surface area contributed by atoms with Gasteiger partial charge in [-0.1, -0.05) is 35.5 Å². The maximum Gasteiger partial charge on any atom is 0.259 e. The van der Waals surface area contributed by atoms with Gasteiger partial charge in [-0.05, 0) is 31.9 Å². The third kappa shape index (κ3) is 4.35. The van der Waals surface area contributed by atoms with Crippen molar-refractivity contribution in [1.29, 1.82) is 0 Å². The van der Waals surface area contributed by atoms with E-state index in [4.69, 9.17) is 14.0 Å². The summed E-state index contributed by atoms with van der Waals surface area (Å²) in [5.74, 6) is 1.85. The smallest absolute Gasteiger partial charge is 0.259 e. The number of hydrogen-bond donors (Lipinski definition) is 1. The number of ether oxygens (including phenoxy) is 2. The molecule has 0 unspecified atom stereocenters. The van der Waals surface area contributed by atoms with Crippen molar-refractivity contribution < 1.29 is 18.8 Å². The van der Waals surface area contributed by atoms with Gasteiger partial charge in [-0.2, -0.15) is 0 Å². The number of aryl methyl sites for hydroxylation is 1. The van der Waals surface area contributed by atoms with Gasteiger partial charge in [0.25, 0.3) is 5.91 Å². The lowest BCUT2D eigenvalue weighted by atomic mass is 10.0. The zero-order chi connectivity index (χ0) is 21.8. The summed E-state index contributed by atoms with van der Waals surface area (Å²) < 4.78 is 16.1. The molecule has 2 aromatic carbocycles. The average molecular weight is 421 g/mol. The molecule has 1 atom stereocenters. The van der Waals surface area contributed by atoms with Crippen LogP contribution in [0.2, 0.25) is 0 Å². The van der Waals surface area contributed by atoms with E-state index in [-0.39, 0.29) is 11.9 Å². The van der Waals surface area contributed by atoms with E-state index in [1.165, 1.54) is 0 Å². The molecular weight excluding hydrogens is 394 g/mol. The second kappa shape index (κ2) is 9.12. The first-order valence-corrected chi connectivity index (χ1v) is 10.4. The highest BCUT2D eigenvalue weighted by Crippen LogP contribution is 2.31. The summed E-state index contributed by atoms with van der Waals surface area (Å²) in [7, 11) is 3.24. The largest absolute Gasteiger partial charge is 0.493 e. The molecule has 1 aliphatic heterocycles. The van der Waals surface area contributed by atoms with Gasteiger partial charge in [0, 0.05) is 36.4 Å². The van der Waals surface area contributed by atoms with Crippen molar-refractivity contribution in [3.05, 3.63) is 59.9 Å². The Labute approximate surface area is 181 Å². The Kier molecular flexibility index (Phi) is 6.11. The highest BCUT2D eigenvalue weighted by Gasteiger charge is 2.30. The number of carbonyl (C=O) groups excluding carboxylic acids is 1. The third-order valence-corrected chi connectivity index (χ3v) is 5.59. The van der Waals surface area contributed by atoms with Gasteiger partial charge in [0.2, 0.25) is 0 Å². The van der Waals surface area contributed by atoms with Gasteiger partial charge in [0.15, 0.2) is 11.5 Å². The van der Waals surface area contributed by atoms with E-state index in [1.807, 2.05) is 53.4 Å². The van der Waals surface area contributed by atoms with Crippen LogP contribution in [0.3, 0.4) is 0 Å². The first kappa shape index (κ1) is 20.8. The topological polar surface area (TPSA) is 76.8 Å². The number of amides is 1. The minimum atomic E-state index is -0.0450. The van der Waals surface area contributed by atoms with Crippen LogP contribution in [-0.2, 0) is 0 Å². The molecule has 1 saturated heterocycles. The van der Waals surface area contributed by atoms with Crippen LogP contribution >= 0.6 is 0 Å². The van der Waals surface area contributed by atoms with Crippen molar-refractivity contribution in [2.45, 2.75) is 25.8 Å². The molecule has 0 saturated carbocycles. The number of anilines is 1. The number of likely N-dealkylation sites (tertiary alicyclic amines) is 1. The SMILES string of the molecule is COc1ccc(N[C@@H]2CCCN(C(=O)c3c(-c4ccccc4)noc3C)C2)cc1OC. The Bertz CT molecular complexity index is 1050. The number of methoxy groups -OCH3 is 2. The van der Waals surface area contributed by atoms with Crippen LogP contribution in [0.15, 0.2) is 53.1 Å². The molecule has 0 bridgehead atoms. The summed E-state index contributed by atoms with van der Waals surface area (Å²) in [6.07, 6.45) is 1.90. The molecule has 1 fully saturated rings. The molecule has 3 aromatic rings. The number of piperidine rings is 1. The van der Waals surface area contributed by atoms with E-state index in [9.17, 15) is 4.79 Å². The van der Waals surface area contributed by atoms with Gasteiger partial charge in [-0.25, -0.2) is 0 Å². The lowest BCUT2D eigenvalue weighted by molar-refractivity contribution is 0.0713. The number of nitrogens with one attached hydrogen (secondary N) is 1. The van der Waals surface area contributed by atoms with Crippen LogP contribution in [0.25, 0.3) is 11.3 Å². The van der Waals surface area contributed by atoms with Crippen LogP contribution in [0, 0.1) is 6.92 Å². The molecule has 0 aliphatic carbocycles. The predicted molar refractivity (Wildman–Crippen MR) is 119 cm³/mol. The molecule has 1 N–H and O–H groups in total. The first-order valence-electron chi connectivity index (χ1n) is 10.4. The van der Waals surface area contributed by atoms with Gasteiger partial charge in [0.05, 0.1) is 14.2 Å². The Hall–Kier alpha value is -3.48. The molecule has 162 valence electrons. The Morgan fingerprint density at radius 3 is 2.65 bits per heavy atom. The van der Waals surface area contributed by atoms with Gasteiger partial charge < -0.3 is 24.2 Å². The molecule has 1 aromatic heterocycles. The standard InChI is InChI=1S/C24H27N3O4/c1-16-22(23(26-31-16)17-8-5-4-6-9-17)24(28)27-13-7-10-19(15-27)25-18-11-12-20(29-2)21(14-18)30-3/h4-6,8-9,11-12,14,19,25H,7,10,13,15H2,1-3H3/t19-/m1/s1. The summed E-state index contributed by atoms with van der Waals surface area (Å²) in [6, 6.07) is 15.5. The van der Waals surface area contributed by atoms with Crippen molar-refractivity contribution in [3.63, 3.8) is 0 Å². The Morgan fingerprint density at radius 2 is 1.90 bits per heavy atom. The number of nitrogens with zero attached hydrogens (tertiary/aromatic N) is 2. The van der Waals surface area contributed by atoms with E-state index in [2.05, 4.69) is 10.5 Å². The molecule has 2 heterocycles. The van der Waals surface area contributed by atoms with Gasteiger partial charge in [-0.15, -0.1) is 0 Å². The zero-order valence-corrected chi connectivity index (χ0v) is 18.1. The maximum absolute atomic E-state index is 13.4. The van der Waals surface area contributed by atoms with Crippen molar-refractivity contribution in [2.24, 2.45) is 0 Å². The molecule has 31 heavy (non-hydrogen) atoms. The van der Waals surface area contributed by atoms with Gasteiger partial charge in [-0.3, -0.25) is 4.79 Å². The second-order valence-corrected chi connectivity index (χ2v) is 7.63. The number of carbonyl (C=O) groups is 1. The van der Waals surface area contributed by atoms with E-state index >= 15 is 0 Å². The quantitative estimate of drug-likeness (QED) is 0.636. The number of hydrogen-bond acceptors (Lipinski definition) is 6. The number of rotatable bonds is 6. The van der Waals surface area contributed by atoms with Crippen LogP contribution < -0.4 is 14.8 Å². The zero-order valence-electron chi connectivity index (χ0n) is 18.1. The predicted octanol–water partition coefficient (Wildman–Crippen LogP) is 4.38. The maximum atomic E-state index is 13.4. The molecule has 1 aliphatic rings. The van der Waals surface area contributed by atoms with Gasteiger partial charge >= 0.3 is 0 Å². The first-order chi connectivity index (χ1) is 15.1. The highest BCUT2D eigenvalue weighted by molar-refractivity contribution is 6.00. The lowest BCUT2D eigenvalue weighted by Crippen LogP contribution is -2.45. The molecule has 0 spiro atoms. The molecular formula is C24H27N3O4. The average Bonchev–Trinajstić information content (AvgIpc) is 3.20. The summed E-state index contributed by atoms with van der Waals surface area (Å²) in [5, 5.41) is 7.69. The summed E-state index contributed by atoms with van der Waals surface area (Å²) in [5.41, 5.74) is 2.94. The van der Waals surface area contributed by atoms with Crippen molar-refractivity contribution in [1.82, 2.24) is 10.1 Å². The lowest BCUT2D eigenvalue weighted by Gasteiger charge is -2.33. The monoisotopic (exact) mass is 421 g/mol. The van der Waals surface area contributed by atoms with Crippen LogP contribution in [0.1, 0.15) is 29.0 Å². The number of benzene rings is 2. The second-order valence-electron chi connectivity index (χ2n) is 7.63. The van der Waals surface area contributed by atoms with Crippen molar-refractivity contribution >= 4 is 11.6 Å². The van der Waals surface area contributed by atoms with E-state index in [0.29, 0.717) is 41.6 Å². The summed E-state index contributed by atoms with van der Waals surface area (Å²) in [6.45, 7) is 3.10. The van der Waals surface area contributed by atoms with Crippen molar-refractivity contribution in [2.75, 3.05) is 32.6 Å². The third-order valence-electron chi connectivity index (χ3n) is 5.59. The fourth-order valence-corrected chi connectivity index (χ4v) is 4.02. The minimum Gasteiger partial charge on any atom is -0.493 e. The molecule has 7 heteroatoms. The molecule has 7 nitrogen and oxygen atoms in total. The molecule has 0 radical (unpaired) electrons. The summed E-state index contributed by atoms with van der Waals surface area (Å²) >= 11 is 0. The number of aromatic nitrogens is 1. The van der Waals surface area contributed by atoms with E-state index in [1.54, 1.807) is 21.1 Å². The highest BCUT2D eigenvalue weighted by atomic mass is 16.5. The van der Waals surface area contributed by atoms with Crippen LogP contribution in [-0.4, -0.2) is 49.3 Å². The van der Waals surface area contributed by atoms with Gasteiger partial charge in [0.1, 0.15) is 17.0 Å². The van der Waals surface area contributed by atoms with Crippen molar-refractivity contribution in [3.8, 4) is 22.8 Å². The normalized spacial score (nSPS) is 16.1. The Morgan fingerprint density at radius 1 is 1.13 bits per heavy atom. The molecule has 1 amide bonds. The van der Waals surface area contributed by atoms with E-state index < -0.39 is 0 Å². The van der Waals surface area contributed by atoms with E-state index in [0.717, 1.165) is 24.1 Å². The fourth-order valence-electron chi connectivity index (χ4n) is 4.02. The minimum absolute atomic E-state index is 0.0450. The Balaban J connectivity index is 1.51. The molecule has 4 rings (SSSR count). The van der Waals surface area contributed by atoms with Crippen LogP contribution in [0.5, 0.6) is 11.5 Å². The summed E-state index contributed by atoms with van der Waals surface area (Å²) in [4.78, 5) is 15.3.